The molecule has 106 valence electrons. The van der Waals surface area contributed by atoms with E-state index in [1.807, 2.05) is 0 Å². The van der Waals surface area contributed by atoms with Crippen LogP contribution in [0, 0.1) is 0 Å². The second-order valence-electron chi connectivity index (χ2n) is 3.87. The van der Waals surface area contributed by atoms with E-state index in [9.17, 15) is 23.1 Å². The lowest BCUT2D eigenvalue weighted by Crippen LogP contribution is -2.24. The van der Waals surface area contributed by atoms with Gasteiger partial charge < -0.3 is 5.11 Å². The Morgan fingerprint density at radius 3 is 2.55 bits per heavy atom. The zero-order valence-corrected chi connectivity index (χ0v) is 10.6. The molecule has 0 atom stereocenters. The lowest BCUT2D eigenvalue weighted by molar-refractivity contribution is -0.137. The predicted molar refractivity (Wildman–Crippen MR) is 66.1 cm³/mol. The van der Waals surface area contributed by atoms with Crippen LogP contribution in [0.1, 0.15) is 11.3 Å². The number of hydrogen-bond acceptors (Lipinski definition) is 3. The SMILES string of the molecule is O=c1cc(O)c(CCl)nn1-c1ccccc1C(F)(F)F. The Balaban J connectivity index is 2.73. The lowest BCUT2D eigenvalue weighted by atomic mass is 10.1. The molecule has 0 aliphatic heterocycles. The van der Waals surface area contributed by atoms with Crippen LogP contribution < -0.4 is 5.56 Å². The molecule has 4 nitrogen and oxygen atoms in total. The molecule has 0 saturated carbocycles. The van der Waals surface area contributed by atoms with Gasteiger partial charge in [-0.05, 0) is 12.1 Å². The molecule has 1 N–H and O–H groups in total. The quantitative estimate of drug-likeness (QED) is 0.868. The number of halogens is 4. The maximum absolute atomic E-state index is 12.9. The molecule has 0 radical (unpaired) electrons. The van der Waals surface area contributed by atoms with Gasteiger partial charge in [-0.2, -0.15) is 23.0 Å². The van der Waals surface area contributed by atoms with Gasteiger partial charge >= 0.3 is 6.18 Å². The van der Waals surface area contributed by atoms with Crippen molar-refractivity contribution in [1.29, 1.82) is 0 Å². The van der Waals surface area contributed by atoms with Crippen molar-refractivity contribution < 1.29 is 18.3 Å². The first-order valence-electron chi connectivity index (χ1n) is 5.39. The molecule has 1 heterocycles. The van der Waals surface area contributed by atoms with Crippen molar-refractivity contribution in [2.24, 2.45) is 0 Å². The standard InChI is InChI=1S/C12H8ClF3N2O2/c13-6-8-10(19)5-11(20)18(17-8)9-4-2-1-3-7(9)12(14,15)16/h1-5,19H,6H2. The fraction of sp³-hybridized carbons (Fsp3) is 0.167. The highest BCUT2D eigenvalue weighted by Gasteiger charge is 2.34. The Hall–Kier alpha value is -2.02. The summed E-state index contributed by atoms with van der Waals surface area (Å²) < 4.78 is 39.3. The van der Waals surface area contributed by atoms with Gasteiger partial charge in [0.05, 0.1) is 17.1 Å². The van der Waals surface area contributed by atoms with Crippen molar-refractivity contribution in [2.45, 2.75) is 12.1 Å². The molecule has 8 heteroatoms. The van der Waals surface area contributed by atoms with Gasteiger partial charge in [-0.25, -0.2) is 0 Å². The molecule has 1 aromatic carbocycles. The van der Waals surface area contributed by atoms with Gasteiger partial charge in [-0.3, -0.25) is 4.79 Å². The number of hydrogen-bond donors (Lipinski definition) is 1. The second kappa shape index (κ2) is 5.16. The first kappa shape index (κ1) is 14.4. The third-order valence-corrected chi connectivity index (χ3v) is 2.80. The van der Waals surface area contributed by atoms with Crippen molar-refractivity contribution in [1.82, 2.24) is 9.78 Å². The Bertz CT molecular complexity index is 698. The number of alkyl halides is 4. The predicted octanol–water partition coefficient (Wildman–Crippen LogP) is 2.70. The van der Waals surface area contributed by atoms with E-state index in [4.69, 9.17) is 11.6 Å². The van der Waals surface area contributed by atoms with Crippen molar-refractivity contribution in [3.8, 4) is 11.4 Å². The highest BCUT2D eigenvalue weighted by molar-refractivity contribution is 6.17. The Kier molecular flexibility index (Phi) is 3.71. The average molecular weight is 305 g/mol. The van der Waals surface area contributed by atoms with E-state index in [-0.39, 0.29) is 11.6 Å². The van der Waals surface area contributed by atoms with Crippen molar-refractivity contribution in [3.63, 3.8) is 0 Å². The number of para-hydroxylation sites is 1. The molecule has 0 bridgehead atoms. The third kappa shape index (κ3) is 2.62. The molecule has 2 rings (SSSR count). The van der Waals surface area contributed by atoms with Gasteiger partial charge in [0.15, 0.2) is 0 Å². The number of nitrogens with zero attached hydrogens (tertiary/aromatic N) is 2. The van der Waals surface area contributed by atoms with Gasteiger partial charge in [-0.15, -0.1) is 11.6 Å². The monoisotopic (exact) mass is 304 g/mol. The molecular weight excluding hydrogens is 297 g/mol. The summed E-state index contributed by atoms with van der Waals surface area (Å²) in [6.07, 6.45) is -4.63. The Morgan fingerprint density at radius 2 is 1.95 bits per heavy atom. The average Bonchev–Trinajstić information content (AvgIpc) is 2.38. The minimum Gasteiger partial charge on any atom is -0.506 e. The summed E-state index contributed by atoms with van der Waals surface area (Å²) in [5.74, 6) is -0.689. The summed E-state index contributed by atoms with van der Waals surface area (Å²) in [7, 11) is 0. The van der Waals surface area contributed by atoms with Crippen LogP contribution in [0.3, 0.4) is 0 Å². The van der Waals surface area contributed by atoms with Crippen LogP contribution in [-0.4, -0.2) is 14.9 Å². The molecule has 20 heavy (non-hydrogen) atoms. The Morgan fingerprint density at radius 1 is 1.30 bits per heavy atom. The third-order valence-electron chi connectivity index (χ3n) is 2.55. The minimum atomic E-state index is -4.63. The zero-order chi connectivity index (χ0) is 14.9. The van der Waals surface area contributed by atoms with E-state index >= 15 is 0 Å². The molecule has 0 spiro atoms. The van der Waals surface area contributed by atoms with Crippen molar-refractivity contribution in [2.75, 3.05) is 0 Å². The van der Waals surface area contributed by atoms with Crippen LogP contribution in [0.15, 0.2) is 35.1 Å². The van der Waals surface area contributed by atoms with Crippen LogP contribution in [0.25, 0.3) is 5.69 Å². The molecule has 2 aromatic rings. The molecule has 0 aliphatic carbocycles. The van der Waals surface area contributed by atoms with Crippen LogP contribution >= 0.6 is 11.6 Å². The maximum atomic E-state index is 12.9. The maximum Gasteiger partial charge on any atom is 0.418 e. The number of aromatic nitrogens is 2. The van der Waals surface area contributed by atoms with Gasteiger partial charge in [0.2, 0.25) is 0 Å². The first-order chi connectivity index (χ1) is 9.34. The van der Waals surface area contributed by atoms with Gasteiger partial charge in [0.25, 0.3) is 5.56 Å². The van der Waals surface area contributed by atoms with Gasteiger partial charge in [0.1, 0.15) is 11.4 Å². The molecule has 1 aromatic heterocycles. The minimum absolute atomic E-state index is 0.0803. The van der Waals surface area contributed by atoms with E-state index in [0.717, 1.165) is 18.2 Å². The van der Waals surface area contributed by atoms with E-state index < -0.39 is 28.7 Å². The zero-order valence-electron chi connectivity index (χ0n) is 9.86. The molecular formula is C12H8ClF3N2O2. The van der Waals surface area contributed by atoms with Crippen molar-refractivity contribution >= 4 is 11.6 Å². The Labute approximate surface area is 116 Å². The summed E-state index contributed by atoms with van der Waals surface area (Å²) in [6, 6.07) is 5.30. The first-order valence-corrected chi connectivity index (χ1v) is 5.93. The van der Waals surface area contributed by atoms with E-state index in [1.165, 1.54) is 12.1 Å². The van der Waals surface area contributed by atoms with Crippen LogP contribution in [0.5, 0.6) is 5.75 Å². The summed E-state index contributed by atoms with van der Waals surface area (Å²) >= 11 is 5.51. The summed E-state index contributed by atoms with van der Waals surface area (Å²) in [5, 5.41) is 13.1. The van der Waals surface area contributed by atoms with Crippen LogP contribution in [0.4, 0.5) is 13.2 Å². The molecule has 0 saturated heterocycles. The van der Waals surface area contributed by atoms with E-state index in [1.54, 1.807) is 0 Å². The summed E-state index contributed by atoms with van der Waals surface area (Å²) in [4.78, 5) is 11.7. The molecule has 0 amide bonds. The van der Waals surface area contributed by atoms with Crippen LogP contribution in [0.2, 0.25) is 0 Å². The lowest BCUT2D eigenvalue weighted by Gasteiger charge is -2.14. The van der Waals surface area contributed by atoms with Crippen LogP contribution in [-0.2, 0) is 12.1 Å². The van der Waals surface area contributed by atoms with Crippen molar-refractivity contribution in [3.05, 3.63) is 51.9 Å². The van der Waals surface area contributed by atoms with E-state index in [2.05, 4.69) is 5.10 Å². The normalized spacial score (nSPS) is 11.6. The highest BCUT2D eigenvalue weighted by atomic mass is 35.5. The number of rotatable bonds is 2. The van der Waals surface area contributed by atoms with Gasteiger partial charge in [0, 0.05) is 6.07 Å². The largest absolute Gasteiger partial charge is 0.506 e. The molecule has 0 unspecified atom stereocenters. The topological polar surface area (TPSA) is 55.1 Å². The second-order valence-corrected chi connectivity index (χ2v) is 4.14. The fourth-order valence-corrected chi connectivity index (χ4v) is 1.84. The van der Waals surface area contributed by atoms with E-state index in [0.29, 0.717) is 4.68 Å². The fourth-order valence-electron chi connectivity index (χ4n) is 1.65. The molecule has 0 fully saturated rings. The summed E-state index contributed by atoms with van der Waals surface area (Å²) in [5.41, 5.74) is -2.38. The number of benzene rings is 1. The molecule has 0 aliphatic rings. The summed E-state index contributed by atoms with van der Waals surface area (Å²) in [6.45, 7) is 0. The van der Waals surface area contributed by atoms with Gasteiger partial charge in [-0.1, -0.05) is 12.1 Å². The highest BCUT2D eigenvalue weighted by Crippen LogP contribution is 2.33. The number of aromatic hydroxyl groups is 1. The smallest absolute Gasteiger partial charge is 0.418 e.